The first-order valence-electron chi connectivity index (χ1n) is 6.20. The van der Waals surface area contributed by atoms with E-state index in [0.717, 1.165) is 12.1 Å². The van der Waals surface area contributed by atoms with Crippen LogP contribution in [0.25, 0.3) is 0 Å². The number of carbonyl (C=O) groups is 1. The summed E-state index contributed by atoms with van der Waals surface area (Å²) in [7, 11) is 3.82. The lowest BCUT2D eigenvalue weighted by atomic mass is 10.2. The Hall–Kier alpha value is -1.99. The molecule has 0 saturated heterocycles. The van der Waals surface area contributed by atoms with Gasteiger partial charge in [-0.3, -0.25) is 19.8 Å². The van der Waals surface area contributed by atoms with Gasteiger partial charge in [0, 0.05) is 31.8 Å². The van der Waals surface area contributed by atoms with Crippen molar-refractivity contribution in [3.63, 3.8) is 0 Å². The van der Waals surface area contributed by atoms with Crippen molar-refractivity contribution in [1.82, 2.24) is 9.80 Å². The molecule has 0 bridgehead atoms. The standard InChI is InChI=1S/C13H19N3O4/c1-14(2)6-7-15(10-13(17)18)9-11-4-3-5-12(8-11)16(19)20/h3-5,8H,6-7,9-10H2,1-2H3,(H,17,18). The summed E-state index contributed by atoms with van der Waals surface area (Å²) >= 11 is 0. The van der Waals surface area contributed by atoms with Crippen LogP contribution < -0.4 is 0 Å². The Labute approximate surface area is 117 Å². The quantitative estimate of drug-likeness (QED) is 0.566. The fourth-order valence-corrected chi connectivity index (χ4v) is 1.77. The van der Waals surface area contributed by atoms with E-state index in [2.05, 4.69) is 0 Å². The van der Waals surface area contributed by atoms with Gasteiger partial charge in [-0.1, -0.05) is 12.1 Å². The van der Waals surface area contributed by atoms with E-state index in [-0.39, 0.29) is 12.2 Å². The Kier molecular flexibility index (Phi) is 6.08. The SMILES string of the molecule is CN(C)CCN(CC(=O)O)Cc1cccc([N+](=O)[O-])c1. The molecule has 0 fully saturated rings. The highest BCUT2D eigenvalue weighted by molar-refractivity contribution is 5.69. The Morgan fingerprint density at radius 3 is 2.60 bits per heavy atom. The summed E-state index contributed by atoms with van der Waals surface area (Å²) in [6.07, 6.45) is 0. The summed E-state index contributed by atoms with van der Waals surface area (Å²) in [4.78, 5) is 24.8. The van der Waals surface area contributed by atoms with E-state index >= 15 is 0 Å². The van der Waals surface area contributed by atoms with Crippen molar-refractivity contribution >= 4 is 11.7 Å². The van der Waals surface area contributed by atoms with Crippen LogP contribution in [0.1, 0.15) is 5.56 Å². The minimum Gasteiger partial charge on any atom is -0.480 e. The van der Waals surface area contributed by atoms with Gasteiger partial charge in [0.05, 0.1) is 11.5 Å². The summed E-state index contributed by atoms with van der Waals surface area (Å²) in [5.74, 6) is -0.908. The third-order valence-electron chi connectivity index (χ3n) is 2.75. The predicted molar refractivity (Wildman–Crippen MR) is 74.6 cm³/mol. The molecule has 0 heterocycles. The molecule has 0 unspecified atom stereocenters. The van der Waals surface area contributed by atoms with Crippen LogP contribution in [-0.4, -0.2) is 59.5 Å². The first kappa shape index (κ1) is 16.1. The number of carboxylic acids is 1. The van der Waals surface area contributed by atoms with E-state index < -0.39 is 10.9 Å². The number of non-ortho nitro benzene ring substituents is 1. The fourth-order valence-electron chi connectivity index (χ4n) is 1.77. The molecule has 1 aromatic rings. The number of likely N-dealkylation sites (N-methyl/N-ethyl adjacent to an activating group) is 1. The van der Waals surface area contributed by atoms with Gasteiger partial charge in [-0.2, -0.15) is 0 Å². The first-order chi connectivity index (χ1) is 9.38. The zero-order chi connectivity index (χ0) is 15.1. The molecule has 0 atom stereocenters. The predicted octanol–water partition coefficient (Wildman–Crippen LogP) is 1.04. The smallest absolute Gasteiger partial charge is 0.317 e. The largest absolute Gasteiger partial charge is 0.480 e. The normalized spacial score (nSPS) is 11.0. The molecule has 20 heavy (non-hydrogen) atoms. The van der Waals surface area contributed by atoms with Gasteiger partial charge in [-0.15, -0.1) is 0 Å². The molecule has 110 valence electrons. The van der Waals surface area contributed by atoms with E-state index in [1.54, 1.807) is 17.0 Å². The maximum absolute atomic E-state index is 10.9. The molecule has 0 aliphatic heterocycles. The number of rotatable bonds is 8. The number of nitro benzene ring substituents is 1. The number of benzene rings is 1. The topological polar surface area (TPSA) is 86.9 Å². The van der Waals surface area contributed by atoms with Gasteiger partial charge in [-0.25, -0.2) is 0 Å². The number of aliphatic carboxylic acids is 1. The summed E-state index contributed by atoms with van der Waals surface area (Å²) in [6, 6.07) is 6.27. The minimum absolute atomic E-state index is 0.0189. The fraction of sp³-hybridized carbons (Fsp3) is 0.462. The lowest BCUT2D eigenvalue weighted by Crippen LogP contribution is -2.35. The van der Waals surface area contributed by atoms with Crippen molar-refractivity contribution in [3.05, 3.63) is 39.9 Å². The molecule has 7 nitrogen and oxygen atoms in total. The third-order valence-corrected chi connectivity index (χ3v) is 2.75. The van der Waals surface area contributed by atoms with Gasteiger partial charge < -0.3 is 10.0 Å². The maximum atomic E-state index is 10.9. The molecule has 1 rings (SSSR count). The molecular formula is C13H19N3O4. The average molecular weight is 281 g/mol. The second kappa shape index (κ2) is 7.56. The Morgan fingerprint density at radius 2 is 2.05 bits per heavy atom. The van der Waals surface area contributed by atoms with Crippen LogP contribution in [0, 0.1) is 10.1 Å². The van der Waals surface area contributed by atoms with Crippen LogP contribution in [0.4, 0.5) is 5.69 Å². The molecule has 0 aromatic heterocycles. The highest BCUT2D eigenvalue weighted by Gasteiger charge is 2.12. The zero-order valence-corrected chi connectivity index (χ0v) is 11.7. The second-order valence-corrected chi connectivity index (χ2v) is 4.83. The van der Waals surface area contributed by atoms with Crippen molar-refractivity contribution in [2.24, 2.45) is 0 Å². The minimum atomic E-state index is -0.908. The number of nitrogens with zero attached hydrogens (tertiary/aromatic N) is 3. The summed E-state index contributed by atoms with van der Waals surface area (Å²) in [5, 5.41) is 19.6. The number of nitro groups is 1. The van der Waals surface area contributed by atoms with Gasteiger partial charge in [0.1, 0.15) is 0 Å². The van der Waals surface area contributed by atoms with Crippen LogP contribution in [0.15, 0.2) is 24.3 Å². The van der Waals surface area contributed by atoms with Gasteiger partial charge in [0.2, 0.25) is 0 Å². The number of carboxylic acid groups (broad SMARTS) is 1. The van der Waals surface area contributed by atoms with Crippen LogP contribution in [-0.2, 0) is 11.3 Å². The first-order valence-corrected chi connectivity index (χ1v) is 6.20. The van der Waals surface area contributed by atoms with E-state index in [1.165, 1.54) is 12.1 Å². The highest BCUT2D eigenvalue weighted by Crippen LogP contribution is 2.14. The molecule has 0 aliphatic rings. The molecule has 1 aromatic carbocycles. The number of hydrogen-bond acceptors (Lipinski definition) is 5. The van der Waals surface area contributed by atoms with E-state index in [4.69, 9.17) is 5.11 Å². The maximum Gasteiger partial charge on any atom is 0.317 e. The van der Waals surface area contributed by atoms with E-state index in [9.17, 15) is 14.9 Å². The monoisotopic (exact) mass is 281 g/mol. The molecule has 7 heteroatoms. The molecule has 0 spiro atoms. The summed E-state index contributed by atoms with van der Waals surface area (Å²) < 4.78 is 0. The van der Waals surface area contributed by atoms with Crippen LogP contribution in [0.2, 0.25) is 0 Å². The van der Waals surface area contributed by atoms with Crippen molar-refractivity contribution in [1.29, 1.82) is 0 Å². The summed E-state index contributed by atoms with van der Waals surface area (Å²) in [6.45, 7) is 1.60. The van der Waals surface area contributed by atoms with E-state index in [1.807, 2.05) is 19.0 Å². The Bertz CT molecular complexity index is 476. The molecular weight excluding hydrogens is 262 g/mol. The van der Waals surface area contributed by atoms with Crippen LogP contribution in [0.3, 0.4) is 0 Å². The molecule has 0 amide bonds. The number of hydrogen-bond donors (Lipinski definition) is 1. The van der Waals surface area contributed by atoms with Gasteiger partial charge in [0.25, 0.3) is 5.69 Å². The zero-order valence-electron chi connectivity index (χ0n) is 11.7. The molecule has 0 radical (unpaired) electrons. The third kappa shape index (κ3) is 5.77. The molecule has 0 aliphatic carbocycles. The Morgan fingerprint density at radius 1 is 1.35 bits per heavy atom. The average Bonchev–Trinajstić information content (AvgIpc) is 2.35. The lowest BCUT2D eigenvalue weighted by Gasteiger charge is -2.22. The van der Waals surface area contributed by atoms with Crippen molar-refractivity contribution in [2.75, 3.05) is 33.7 Å². The van der Waals surface area contributed by atoms with Gasteiger partial charge >= 0.3 is 5.97 Å². The summed E-state index contributed by atoms with van der Waals surface area (Å²) in [5.41, 5.74) is 0.754. The second-order valence-electron chi connectivity index (χ2n) is 4.83. The molecule has 1 N–H and O–H groups in total. The van der Waals surface area contributed by atoms with E-state index in [0.29, 0.717) is 13.1 Å². The Balaban J connectivity index is 2.74. The van der Waals surface area contributed by atoms with Crippen molar-refractivity contribution < 1.29 is 14.8 Å². The van der Waals surface area contributed by atoms with Crippen LogP contribution in [0.5, 0.6) is 0 Å². The highest BCUT2D eigenvalue weighted by atomic mass is 16.6. The molecule has 0 saturated carbocycles. The van der Waals surface area contributed by atoms with Gasteiger partial charge in [-0.05, 0) is 19.7 Å². The van der Waals surface area contributed by atoms with Crippen molar-refractivity contribution in [2.45, 2.75) is 6.54 Å². The lowest BCUT2D eigenvalue weighted by molar-refractivity contribution is -0.384. The van der Waals surface area contributed by atoms with Crippen LogP contribution >= 0.6 is 0 Å². The van der Waals surface area contributed by atoms with Gasteiger partial charge in [0.15, 0.2) is 0 Å². The van der Waals surface area contributed by atoms with Crippen molar-refractivity contribution in [3.8, 4) is 0 Å².